The Labute approximate surface area is 219 Å². The second-order valence-corrected chi connectivity index (χ2v) is 8.59. The Balaban J connectivity index is 1.93. The molecular weight excluding hydrogens is 522 g/mol. The first-order valence-electron chi connectivity index (χ1n) is 10.5. The Morgan fingerprint density at radius 1 is 1.16 bits per heavy atom. The number of hydrogen-bond donors (Lipinski definition) is 1. The molecule has 2 heterocycles. The van der Waals surface area contributed by atoms with Crippen molar-refractivity contribution in [3.8, 4) is 34.3 Å². The molecule has 13 heteroatoms. The van der Waals surface area contributed by atoms with Gasteiger partial charge in [-0.25, -0.2) is 9.67 Å². The minimum absolute atomic E-state index is 0.0565. The molecule has 0 bridgehead atoms. The van der Waals surface area contributed by atoms with Crippen LogP contribution in [0.25, 0.3) is 11.3 Å². The monoisotopic (exact) mass is 541 g/mol. The van der Waals surface area contributed by atoms with Gasteiger partial charge in [0.05, 0.1) is 50.0 Å². The number of aromatic hydroxyl groups is 1. The molecule has 2 aromatic carbocycles. The SMILES string of the molecule is COc1cc(-c2csc(=Nc3cccnc3)n2N=Cc2cc(Cl)cc([N+](=O)[O-])c2O)cc(OC)c1OC. The van der Waals surface area contributed by atoms with Gasteiger partial charge in [0.15, 0.2) is 11.5 Å². The number of phenols is 1. The molecule has 0 spiro atoms. The second kappa shape index (κ2) is 11.1. The molecule has 0 saturated heterocycles. The second-order valence-electron chi connectivity index (χ2n) is 7.32. The number of hydrogen-bond acceptors (Lipinski definition) is 10. The number of aromatic nitrogens is 2. The van der Waals surface area contributed by atoms with Crippen LogP contribution in [0.15, 0.2) is 64.3 Å². The fraction of sp³-hybridized carbons (Fsp3) is 0.125. The Bertz CT molecular complexity index is 1530. The zero-order chi connectivity index (χ0) is 26.5. The van der Waals surface area contributed by atoms with E-state index in [4.69, 9.17) is 25.8 Å². The maximum Gasteiger partial charge on any atom is 0.312 e. The number of nitrogens with zero attached hydrogens (tertiary/aromatic N) is 5. The summed E-state index contributed by atoms with van der Waals surface area (Å²) in [5, 5.41) is 28.1. The molecule has 37 heavy (non-hydrogen) atoms. The van der Waals surface area contributed by atoms with Gasteiger partial charge in [0.1, 0.15) is 0 Å². The van der Waals surface area contributed by atoms with Gasteiger partial charge in [-0.15, -0.1) is 11.3 Å². The van der Waals surface area contributed by atoms with Crippen LogP contribution in [0.3, 0.4) is 0 Å². The molecule has 0 radical (unpaired) electrons. The number of pyridine rings is 1. The van der Waals surface area contributed by atoms with Crippen molar-refractivity contribution >= 4 is 40.5 Å². The van der Waals surface area contributed by atoms with Gasteiger partial charge in [-0.2, -0.15) is 5.10 Å². The molecule has 0 aliphatic heterocycles. The lowest BCUT2D eigenvalue weighted by atomic mass is 10.1. The molecule has 0 atom stereocenters. The molecule has 11 nitrogen and oxygen atoms in total. The van der Waals surface area contributed by atoms with Crippen molar-refractivity contribution < 1.29 is 24.2 Å². The van der Waals surface area contributed by atoms with Crippen LogP contribution in [0.2, 0.25) is 5.02 Å². The predicted molar refractivity (Wildman–Crippen MR) is 140 cm³/mol. The highest BCUT2D eigenvalue weighted by molar-refractivity contribution is 7.07. The summed E-state index contributed by atoms with van der Waals surface area (Å²) >= 11 is 7.34. The van der Waals surface area contributed by atoms with Crippen LogP contribution in [-0.4, -0.2) is 47.2 Å². The summed E-state index contributed by atoms with van der Waals surface area (Å²) < 4.78 is 17.9. The van der Waals surface area contributed by atoms with E-state index in [2.05, 4.69) is 15.1 Å². The van der Waals surface area contributed by atoms with E-state index >= 15 is 0 Å². The highest BCUT2D eigenvalue weighted by Crippen LogP contribution is 2.41. The third-order valence-electron chi connectivity index (χ3n) is 5.11. The average molecular weight is 542 g/mol. The lowest BCUT2D eigenvalue weighted by Gasteiger charge is -2.14. The summed E-state index contributed by atoms with van der Waals surface area (Å²) in [7, 11) is 4.54. The van der Waals surface area contributed by atoms with Crippen LogP contribution in [0.4, 0.5) is 11.4 Å². The number of thiazole rings is 1. The van der Waals surface area contributed by atoms with E-state index in [9.17, 15) is 15.2 Å². The van der Waals surface area contributed by atoms with Crippen LogP contribution in [0.1, 0.15) is 5.56 Å². The predicted octanol–water partition coefficient (Wildman–Crippen LogP) is 5.02. The highest BCUT2D eigenvalue weighted by Gasteiger charge is 2.19. The van der Waals surface area contributed by atoms with Gasteiger partial charge in [0.2, 0.25) is 16.3 Å². The molecule has 1 N–H and O–H groups in total. The molecule has 0 fully saturated rings. The highest BCUT2D eigenvalue weighted by atomic mass is 35.5. The molecule has 2 aromatic heterocycles. The van der Waals surface area contributed by atoms with E-state index < -0.39 is 16.4 Å². The summed E-state index contributed by atoms with van der Waals surface area (Å²) in [5.41, 5.74) is 1.37. The van der Waals surface area contributed by atoms with Crippen molar-refractivity contribution in [1.82, 2.24) is 9.66 Å². The quantitative estimate of drug-likeness (QED) is 0.188. The average Bonchev–Trinajstić information content (AvgIpc) is 3.30. The van der Waals surface area contributed by atoms with Gasteiger partial charge in [0, 0.05) is 33.8 Å². The van der Waals surface area contributed by atoms with E-state index in [-0.39, 0.29) is 10.6 Å². The van der Waals surface area contributed by atoms with E-state index in [1.807, 2.05) is 5.38 Å². The van der Waals surface area contributed by atoms with Gasteiger partial charge in [-0.05, 0) is 30.3 Å². The summed E-state index contributed by atoms with van der Waals surface area (Å²) in [4.78, 5) is 19.8. The third-order valence-corrected chi connectivity index (χ3v) is 6.14. The van der Waals surface area contributed by atoms with Crippen molar-refractivity contribution in [2.45, 2.75) is 0 Å². The summed E-state index contributed by atoms with van der Waals surface area (Å²) in [5.74, 6) is 0.740. The van der Waals surface area contributed by atoms with Gasteiger partial charge >= 0.3 is 5.69 Å². The number of phenolic OH excluding ortho intramolecular Hbond substituents is 1. The molecule has 190 valence electrons. The minimum Gasteiger partial charge on any atom is -0.502 e. The topological polar surface area (TPSA) is 134 Å². The Kier molecular flexibility index (Phi) is 7.70. The molecule has 4 aromatic rings. The molecule has 0 unspecified atom stereocenters. The molecule has 0 saturated carbocycles. The Morgan fingerprint density at radius 2 is 1.89 bits per heavy atom. The molecule has 0 amide bonds. The molecule has 0 aliphatic carbocycles. The van der Waals surface area contributed by atoms with Gasteiger partial charge in [-0.1, -0.05) is 11.6 Å². The van der Waals surface area contributed by atoms with Crippen molar-refractivity contribution in [1.29, 1.82) is 0 Å². The smallest absolute Gasteiger partial charge is 0.312 e. The zero-order valence-corrected chi connectivity index (χ0v) is 21.4. The first-order valence-corrected chi connectivity index (χ1v) is 11.8. The first-order chi connectivity index (χ1) is 17.9. The van der Waals surface area contributed by atoms with E-state index in [0.29, 0.717) is 39.0 Å². The van der Waals surface area contributed by atoms with Crippen molar-refractivity contribution in [2.24, 2.45) is 10.1 Å². The fourth-order valence-corrected chi connectivity index (χ4v) is 4.49. The normalized spacial score (nSPS) is 11.6. The lowest BCUT2D eigenvalue weighted by molar-refractivity contribution is -0.385. The van der Waals surface area contributed by atoms with E-state index in [1.165, 1.54) is 49.6 Å². The van der Waals surface area contributed by atoms with E-state index in [1.54, 1.807) is 36.7 Å². The van der Waals surface area contributed by atoms with Crippen LogP contribution in [0.5, 0.6) is 23.0 Å². The number of methoxy groups -OCH3 is 3. The van der Waals surface area contributed by atoms with Gasteiger partial charge in [0.25, 0.3) is 0 Å². The Hall–Kier alpha value is -4.42. The fourth-order valence-electron chi connectivity index (χ4n) is 3.41. The number of nitro groups is 1. The van der Waals surface area contributed by atoms with Crippen LogP contribution < -0.4 is 19.0 Å². The largest absolute Gasteiger partial charge is 0.502 e. The van der Waals surface area contributed by atoms with Crippen LogP contribution in [-0.2, 0) is 0 Å². The van der Waals surface area contributed by atoms with Gasteiger partial charge in [-0.3, -0.25) is 15.1 Å². The first kappa shape index (κ1) is 25.7. The van der Waals surface area contributed by atoms with Crippen molar-refractivity contribution in [2.75, 3.05) is 21.3 Å². The number of rotatable bonds is 8. The van der Waals surface area contributed by atoms with Gasteiger partial charge < -0.3 is 19.3 Å². The number of benzene rings is 2. The Morgan fingerprint density at radius 3 is 2.49 bits per heavy atom. The van der Waals surface area contributed by atoms with Crippen molar-refractivity contribution in [3.63, 3.8) is 0 Å². The molecular formula is C24H20ClN5O6S. The number of nitro benzene ring substituents is 1. The standard InChI is InChI=1S/C24H20ClN5O6S/c1-34-20-8-14(9-21(35-2)23(20)36-3)19-13-37-24(28-17-5-4-6-26-12-17)29(19)27-11-15-7-16(25)10-18(22(15)31)30(32)33/h4-13,31H,1-3H3. The summed E-state index contributed by atoms with van der Waals surface area (Å²) in [6.45, 7) is 0. The van der Waals surface area contributed by atoms with E-state index in [0.717, 1.165) is 6.07 Å². The maximum atomic E-state index is 11.3. The third kappa shape index (κ3) is 5.39. The maximum absolute atomic E-state index is 11.3. The number of ether oxygens (including phenoxy) is 3. The van der Waals surface area contributed by atoms with Crippen LogP contribution >= 0.6 is 22.9 Å². The summed E-state index contributed by atoms with van der Waals surface area (Å²) in [6.07, 6.45) is 4.50. The minimum atomic E-state index is -0.721. The molecule has 0 aliphatic rings. The summed E-state index contributed by atoms with van der Waals surface area (Å²) in [6, 6.07) is 9.49. The number of halogens is 1. The van der Waals surface area contributed by atoms with Crippen molar-refractivity contribution in [3.05, 3.63) is 79.7 Å². The molecule has 4 rings (SSSR count). The zero-order valence-electron chi connectivity index (χ0n) is 19.8. The van der Waals surface area contributed by atoms with Crippen LogP contribution in [0, 0.1) is 10.1 Å². The lowest BCUT2D eigenvalue weighted by Crippen LogP contribution is -2.12.